The van der Waals surface area contributed by atoms with E-state index in [4.69, 9.17) is 15.4 Å². The van der Waals surface area contributed by atoms with Gasteiger partial charge in [-0.15, -0.1) is 0 Å². The van der Waals surface area contributed by atoms with Crippen LogP contribution in [0.25, 0.3) is 0 Å². The summed E-state index contributed by atoms with van der Waals surface area (Å²) in [6, 6.07) is 1.26. The summed E-state index contributed by atoms with van der Waals surface area (Å²) in [5.74, 6) is -0.343. The SMILES string of the molecule is Cn1cc(S(=O)(=O)Cl)cc1C(=O)NCC1CCCO1. The zero-order valence-corrected chi connectivity index (χ0v) is 12.0. The summed E-state index contributed by atoms with van der Waals surface area (Å²) in [4.78, 5) is 11.9. The first kappa shape index (κ1) is 14.4. The van der Waals surface area contributed by atoms with Crippen LogP contribution in [0.5, 0.6) is 0 Å². The normalized spacial score (nSPS) is 19.6. The predicted octanol–water partition coefficient (Wildman–Crippen LogP) is 0.861. The average Bonchev–Trinajstić information content (AvgIpc) is 2.93. The molecule has 1 N–H and O–H groups in total. The lowest BCUT2D eigenvalue weighted by Crippen LogP contribution is -2.32. The molecule has 0 bridgehead atoms. The highest BCUT2D eigenvalue weighted by Crippen LogP contribution is 2.18. The van der Waals surface area contributed by atoms with Gasteiger partial charge in [0.15, 0.2) is 0 Å². The smallest absolute Gasteiger partial charge is 0.268 e. The van der Waals surface area contributed by atoms with E-state index in [1.165, 1.54) is 16.8 Å². The summed E-state index contributed by atoms with van der Waals surface area (Å²) in [5.41, 5.74) is 0.247. The zero-order valence-electron chi connectivity index (χ0n) is 10.4. The maximum Gasteiger partial charge on any atom is 0.268 e. The first-order valence-corrected chi connectivity index (χ1v) is 8.19. The van der Waals surface area contributed by atoms with Crippen molar-refractivity contribution in [3.63, 3.8) is 0 Å². The number of carbonyl (C=O) groups is 1. The summed E-state index contributed by atoms with van der Waals surface area (Å²) < 4.78 is 29.2. The van der Waals surface area contributed by atoms with Crippen molar-refractivity contribution in [2.75, 3.05) is 13.2 Å². The highest BCUT2D eigenvalue weighted by atomic mass is 35.7. The van der Waals surface area contributed by atoms with Gasteiger partial charge in [-0.1, -0.05) is 0 Å². The molecule has 106 valence electrons. The fraction of sp³-hybridized carbons (Fsp3) is 0.545. The maximum absolute atomic E-state index is 11.9. The van der Waals surface area contributed by atoms with Gasteiger partial charge in [-0.3, -0.25) is 4.79 Å². The predicted molar refractivity (Wildman–Crippen MR) is 69.8 cm³/mol. The molecule has 0 aliphatic carbocycles. The molecular weight excluding hydrogens is 292 g/mol. The number of amides is 1. The summed E-state index contributed by atoms with van der Waals surface area (Å²) in [5, 5.41) is 2.72. The van der Waals surface area contributed by atoms with Crippen molar-refractivity contribution in [2.45, 2.75) is 23.8 Å². The molecule has 2 heterocycles. The Labute approximate surface area is 116 Å². The minimum absolute atomic E-state index is 0.0421. The van der Waals surface area contributed by atoms with E-state index in [1.54, 1.807) is 7.05 Å². The number of carbonyl (C=O) groups excluding carboxylic acids is 1. The minimum atomic E-state index is -3.82. The molecule has 0 radical (unpaired) electrons. The molecule has 1 fully saturated rings. The number of hydrogen-bond donors (Lipinski definition) is 1. The third-order valence-corrected chi connectivity index (χ3v) is 4.33. The Morgan fingerprint density at radius 2 is 2.37 bits per heavy atom. The van der Waals surface area contributed by atoms with Gasteiger partial charge in [-0.25, -0.2) is 8.42 Å². The molecule has 19 heavy (non-hydrogen) atoms. The van der Waals surface area contributed by atoms with Gasteiger partial charge in [0.2, 0.25) is 0 Å². The topological polar surface area (TPSA) is 77.4 Å². The molecule has 1 amide bonds. The van der Waals surface area contributed by atoms with Crippen LogP contribution in [0.2, 0.25) is 0 Å². The van der Waals surface area contributed by atoms with Crippen LogP contribution < -0.4 is 5.32 Å². The molecule has 0 spiro atoms. The average molecular weight is 307 g/mol. The number of nitrogens with zero attached hydrogens (tertiary/aromatic N) is 1. The van der Waals surface area contributed by atoms with Crippen LogP contribution in [-0.4, -0.2) is 38.1 Å². The van der Waals surface area contributed by atoms with E-state index >= 15 is 0 Å². The van der Waals surface area contributed by atoms with Crippen molar-refractivity contribution >= 4 is 25.6 Å². The van der Waals surface area contributed by atoms with Crippen LogP contribution in [0.3, 0.4) is 0 Å². The van der Waals surface area contributed by atoms with Crippen LogP contribution in [0, 0.1) is 0 Å². The van der Waals surface area contributed by atoms with E-state index in [2.05, 4.69) is 5.32 Å². The maximum atomic E-state index is 11.9. The first-order valence-electron chi connectivity index (χ1n) is 5.89. The van der Waals surface area contributed by atoms with Crippen molar-refractivity contribution in [2.24, 2.45) is 7.05 Å². The fourth-order valence-electron chi connectivity index (χ4n) is 2.00. The Hall–Kier alpha value is -1.05. The van der Waals surface area contributed by atoms with Gasteiger partial charge < -0.3 is 14.6 Å². The quantitative estimate of drug-likeness (QED) is 0.837. The lowest BCUT2D eigenvalue weighted by atomic mass is 10.2. The van der Waals surface area contributed by atoms with Gasteiger partial charge in [-0.05, 0) is 18.9 Å². The highest BCUT2D eigenvalue weighted by Gasteiger charge is 2.20. The second-order valence-corrected chi connectivity index (χ2v) is 7.02. The molecule has 1 aliphatic rings. The highest BCUT2D eigenvalue weighted by molar-refractivity contribution is 8.13. The molecule has 1 aliphatic heterocycles. The first-order chi connectivity index (χ1) is 8.88. The summed E-state index contributed by atoms with van der Waals surface area (Å²) >= 11 is 0. The van der Waals surface area contributed by atoms with Gasteiger partial charge in [0.1, 0.15) is 10.6 Å². The molecule has 8 heteroatoms. The summed E-state index contributed by atoms with van der Waals surface area (Å²) in [7, 11) is 3.00. The third-order valence-electron chi connectivity index (χ3n) is 3.01. The number of ether oxygens (including phenoxy) is 1. The molecule has 2 rings (SSSR count). The fourth-order valence-corrected chi connectivity index (χ4v) is 2.79. The van der Waals surface area contributed by atoms with Crippen molar-refractivity contribution in [1.82, 2.24) is 9.88 Å². The summed E-state index contributed by atoms with van der Waals surface area (Å²) in [6.07, 6.45) is 3.28. The number of nitrogens with one attached hydrogen (secondary N) is 1. The molecule has 1 saturated heterocycles. The Morgan fingerprint density at radius 3 is 2.89 bits per heavy atom. The molecule has 1 aromatic heterocycles. The third kappa shape index (κ3) is 3.49. The Morgan fingerprint density at radius 1 is 1.63 bits per heavy atom. The number of rotatable bonds is 4. The largest absolute Gasteiger partial charge is 0.376 e. The second kappa shape index (κ2) is 5.52. The minimum Gasteiger partial charge on any atom is -0.376 e. The van der Waals surface area contributed by atoms with E-state index in [0.29, 0.717) is 6.54 Å². The van der Waals surface area contributed by atoms with Crippen molar-refractivity contribution in [1.29, 1.82) is 0 Å². The van der Waals surface area contributed by atoms with Gasteiger partial charge >= 0.3 is 0 Å². The number of aryl methyl sites for hydroxylation is 1. The Kier molecular flexibility index (Phi) is 4.17. The second-order valence-electron chi connectivity index (χ2n) is 4.45. The standard InChI is InChI=1S/C11H15ClN2O4S/c1-14-7-9(19(12,16)17)5-10(14)11(15)13-6-8-3-2-4-18-8/h5,7-8H,2-4,6H2,1H3,(H,13,15). The van der Waals surface area contributed by atoms with Crippen molar-refractivity contribution in [3.05, 3.63) is 18.0 Å². The molecule has 1 aromatic rings. The monoisotopic (exact) mass is 306 g/mol. The molecule has 0 aromatic carbocycles. The molecular formula is C11H15ClN2O4S. The van der Waals surface area contributed by atoms with Gasteiger partial charge in [0.25, 0.3) is 15.0 Å². The van der Waals surface area contributed by atoms with Gasteiger partial charge in [0.05, 0.1) is 6.10 Å². The van der Waals surface area contributed by atoms with E-state index in [1.807, 2.05) is 0 Å². The Balaban J connectivity index is 2.04. The molecule has 1 unspecified atom stereocenters. The van der Waals surface area contributed by atoms with Crippen LogP contribution in [0.4, 0.5) is 0 Å². The zero-order chi connectivity index (χ0) is 14.0. The number of aromatic nitrogens is 1. The molecule has 0 saturated carbocycles. The summed E-state index contributed by atoms with van der Waals surface area (Å²) in [6.45, 7) is 1.15. The van der Waals surface area contributed by atoms with Gasteiger partial charge in [-0.2, -0.15) is 0 Å². The molecule has 1 atom stereocenters. The van der Waals surface area contributed by atoms with Crippen molar-refractivity contribution < 1.29 is 17.9 Å². The number of hydrogen-bond acceptors (Lipinski definition) is 4. The number of halogens is 1. The van der Waals surface area contributed by atoms with Crippen molar-refractivity contribution in [3.8, 4) is 0 Å². The van der Waals surface area contributed by atoms with E-state index in [-0.39, 0.29) is 22.6 Å². The van der Waals surface area contributed by atoms with E-state index in [0.717, 1.165) is 19.4 Å². The lowest BCUT2D eigenvalue weighted by Gasteiger charge is -2.10. The van der Waals surface area contributed by atoms with Crippen LogP contribution in [0.15, 0.2) is 17.2 Å². The van der Waals surface area contributed by atoms with Gasteiger partial charge in [0, 0.05) is 37.1 Å². The van der Waals surface area contributed by atoms with Crippen LogP contribution in [0.1, 0.15) is 23.3 Å². The van der Waals surface area contributed by atoms with Crippen LogP contribution in [-0.2, 0) is 20.8 Å². The van der Waals surface area contributed by atoms with Crippen LogP contribution >= 0.6 is 10.7 Å². The molecule has 6 nitrogen and oxygen atoms in total. The van der Waals surface area contributed by atoms with E-state index < -0.39 is 9.05 Å². The lowest BCUT2D eigenvalue weighted by molar-refractivity contribution is 0.0851. The van der Waals surface area contributed by atoms with E-state index in [9.17, 15) is 13.2 Å². The Bertz CT molecular complexity index is 576.